The molecule has 0 N–H and O–H groups in total. The van der Waals surface area contributed by atoms with Crippen molar-refractivity contribution < 1.29 is 9.59 Å². The number of Topliss-reactive ketones (excluding diaryl/α,β-unsaturated/α-hetero) is 2. The SMILES string of the molecule is O=C1CC(c2ccccc2Cl)C(=O)C12CCCC2. The van der Waals surface area contributed by atoms with Crippen LogP contribution in [0.3, 0.4) is 0 Å². The highest BCUT2D eigenvalue weighted by molar-refractivity contribution is 6.32. The second kappa shape index (κ2) is 4.20. The highest BCUT2D eigenvalue weighted by Gasteiger charge is 2.55. The normalized spacial score (nSPS) is 26.2. The van der Waals surface area contributed by atoms with Crippen LogP contribution in [0.5, 0.6) is 0 Å². The summed E-state index contributed by atoms with van der Waals surface area (Å²) in [4.78, 5) is 24.9. The monoisotopic (exact) mass is 262 g/mol. The van der Waals surface area contributed by atoms with Gasteiger partial charge >= 0.3 is 0 Å². The predicted octanol–water partition coefficient (Wildman–Crippen LogP) is 3.53. The summed E-state index contributed by atoms with van der Waals surface area (Å²) in [6, 6.07) is 7.37. The summed E-state index contributed by atoms with van der Waals surface area (Å²) in [6.07, 6.45) is 3.80. The molecule has 0 heterocycles. The van der Waals surface area contributed by atoms with Gasteiger partial charge in [0, 0.05) is 11.4 Å². The number of hydrogen-bond donors (Lipinski definition) is 0. The Bertz CT molecular complexity index is 515. The zero-order valence-corrected chi connectivity index (χ0v) is 10.9. The van der Waals surface area contributed by atoms with Crippen LogP contribution in [-0.4, -0.2) is 11.6 Å². The molecule has 1 atom stereocenters. The Labute approximate surface area is 111 Å². The molecule has 0 aromatic heterocycles. The molecule has 1 aromatic carbocycles. The summed E-state index contributed by atoms with van der Waals surface area (Å²) in [7, 11) is 0. The molecule has 1 spiro atoms. The number of halogens is 1. The van der Waals surface area contributed by atoms with Crippen molar-refractivity contribution in [1.82, 2.24) is 0 Å². The number of carbonyl (C=O) groups is 2. The number of ketones is 2. The predicted molar refractivity (Wildman–Crippen MR) is 69.7 cm³/mol. The summed E-state index contributed by atoms with van der Waals surface area (Å²) in [5.74, 6) is -0.0719. The van der Waals surface area contributed by atoms with Gasteiger partial charge in [-0.1, -0.05) is 42.6 Å². The lowest BCUT2D eigenvalue weighted by Gasteiger charge is -2.19. The third-order valence-corrected chi connectivity index (χ3v) is 4.79. The van der Waals surface area contributed by atoms with E-state index in [4.69, 9.17) is 11.6 Å². The van der Waals surface area contributed by atoms with E-state index in [0.29, 0.717) is 11.4 Å². The van der Waals surface area contributed by atoms with Gasteiger partial charge in [0.05, 0.1) is 11.3 Å². The van der Waals surface area contributed by atoms with Crippen molar-refractivity contribution in [2.45, 2.75) is 38.0 Å². The third-order valence-electron chi connectivity index (χ3n) is 4.45. The molecule has 0 bridgehead atoms. The summed E-state index contributed by atoms with van der Waals surface area (Å²) in [6.45, 7) is 0. The summed E-state index contributed by atoms with van der Waals surface area (Å²) in [5, 5.41) is 0.596. The fraction of sp³-hybridized carbons (Fsp3) is 0.467. The van der Waals surface area contributed by atoms with Gasteiger partial charge in [-0.3, -0.25) is 9.59 Å². The van der Waals surface area contributed by atoms with Crippen molar-refractivity contribution in [2.24, 2.45) is 5.41 Å². The van der Waals surface area contributed by atoms with E-state index in [1.807, 2.05) is 18.2 Å². The van der Waals surface area contributed by atoms with Gasteiger partial charge in [0.25, 0.3) is 0 Å². The first-order valence-electron chi connectivity index (χ1n) is 6.47. The lowest BCUT2D eigenvalue weighted by atomic mass is 9.81. The fourth-order valence-corrected chi connectivity index (χ4v) is 3.72. The molecule has 94 valence electrons. The van der Waals surface area contributed by atoms with Gasteiger partial charge in [0.1, 0.15) is 5.78 Å². The average molecular weight is 263 g/mol. The summed E-state index contributed by atoms with van der Waals surface area (Å²) < 4.78 is 0. The molecule has 0 amide bonds. The molecule has 3 heteroatoms. The first-order valence-corrected chi connectivity index (χ1v) is 6.85. The van der Waals surface area contributed by atoms with Gasteiger partial charge in [-0.25, -0.2) is 0 Å². The Balaban J connectivity index is 2.00. The zero-order valence-electron chi connectivity index (χ0n) is 10.1. The highest BCUT2D eigenvalue weighted by atomic mass is 35.5. The number of hydrogen-bond acceptors (Lipinski definition) is 2. The quantitative estimate of drug-likeness (QED) is 0.726. The van der Waals surface area contributed by atoms with E-state index in [0.717, 1.165) is 31.2 Å². The minimum atomic E-state index is -0.663. The summed E-state index contributed by atoms with van der Waals surface area (Å²) >= 11 is 6.15. The smallest absolute Gasteiger partial charge is 0.154 e. The molecule has 18 heavy (non-hydrogen) atoms. The number of benzene rings is 1. The van der Waals surface area contributed by atoms with E-state index in [9.17, 15) is 9.59 Å². The lowest BCUT2D eigenvalue weighted by molar-refractivity contribution is -0.134. The standard InChI is InChI=1S/C15H15ClO2/c16-12-6-2-1-5-10(12)11-9-13(17)15(14(11)18)7-3-4-8-15/h1-2,5-6,11H,3-4,7-9H2. The first-order chi connectivity index (χ1) is 8.65. The molecule has 2 fully saturated rings. The van der Waals surface area contributed by atoms with Gasteiger partial charge in [0.15, 0.2) is 5.78 Å². The maximum absolute atomic E-state index is 12.6. The molecule has 2 saturated carbocycles. The van der Waals surface area contributed by atoms with Gasteiger partial charge in [-0.05, 0) is 24.5 Å². The molecule has 2 aliphatic rings. The van der Waals surface area contributed by atoms with Crippen molar-refractivity contribution in [3.8, 4) is 0 Å². The second-order valence-corrected chi connectivity index (χ2v) is 5.76. The van der Waals surface area contributed by atoms with Crippen LogP contribution in [-0.2, 0) is 9.59 Å². The minimum Gasteiger partial charge on any atom is -0.299 e. The van der Waals surface area contributed by atoms with Crippen LogP contribution in [0.15, 0.2) is 24.3 Å². The molecule has 1 aromatic rings. The van der Waals surface area contributed by atoms with Crippen LogP contribution in [0.1, 0.15) is 43.6 Å². The van der Waals surface area contributed by atoms with Crippen molar-refractivity contribution in [2.75, 3.05) is 0 Å². The van der Waals surface area contributed by atoms with Gasteiger partial charge in [-0.2, -0.15) is 0 Å². The molecular formula is C15H15ClO2. The minimum absolute atomic E-state index is 0.109. The van der Waals surface area contributed by atoms with E-state index in [-0.39, 0.29) is 17.5 Å². The maximum atomic E-state index is 12.6. The largest absolute Gasteiger partial charge is 0.299 e. The van der Waals surface area contributed by atoms with E-state index in [2.05, 4.69) is 0 Å². The zero-order chi connectivity index (χ0) is 12.8. The van der Waals surface area contributed by atoms with Crippen molar-refractivity contribution in [3.63, 3.8) is 0 Å². The summed E-state index contributed by atoms with van der Waals surface area (Å²) in [5.41, 5.74) is 0.158. The molecule has 2 nitrogen and oxygen atoms in total. The molecule has 0 aliphatic heterocycles. The van der Waals surface area contributed by atoms with Crippen LogP contribution in [0, 0.1) is 5.41 Å². The van der Waals surface area contributed by atoms with E-state index in [1.54, 1.807) is 6.07 Å². The fourth-order valence-electron chi connectivity index (χ4n) is 3.46. The second-order valence-electron chi connectivity index (χ2n) is 5.35. The number of carbonyl (C=O) groups excluding carboxylic acids is 2. The maximum Gasteiger partial charge on any atom is 0.154 e. The Morgan fingerprint density at radius 2 is 1.78 bits per heavy atom. The average Bonchev–Trinajstić information content (AvgIpc) is 2.94. The van der Waals surface area contributed by atoms with Crippen molar-refractivity contribution in [1.29, 1.82) is 0 Å². The van der Waals surface area contributed by atoms with E-state index >= 15 is 0 Å². The van der Waals surface area contributed by atoms with Crippen molar-refractivity contribution >= 4 is 23.2 Å². The van der Waals surface area contributed by atoms with E-state index < -0.39 is 5.41 Å². The van der Waals surface area contributed by atoms with Gasteiger partial charge < -0.3 is 0 Å². The van der Waals surface area contributed by atoms with Gasteiger partial charge in [-0.15, -0.1) is 0 Å². The lowest BCUT2D eigenvalue weighted by Crippen LogP contribution is -2.30. The molecular weight excluding hydrogens is 248 g/mol. The highest BCUT2D eigenvalue weighted by Crippen LogP contribution is 2.51. The van der Waals surface area contributed by atoms with E-state index in [1.165, 1.54) is 0 Å². The molecule has 3 rings (SSSR count). The first kappa shape index (κ1) is 11.9. The van der Waals surface area contributed by atoms with Gasteiger partial charge in [0.2, 0.25) is 0 Å². The van der Waals surface area contributed by atoms with Crippen LogP contribution in [0.4, 0.5) is 0 Å². The molecule has 1 unspecified atom stereocenters. The molecule has 2 aliphatic carbocycles. The van der Waals surface area contributed by atoms with Crippen LogP contribution >= 0.6 is 11.6 Å². The van der Waals surface area contributed by atoms with Crippen LogP contribution in [0.25, 0.3) is 0 Å². The third kappa shape index (κ3) is 1.55. The Morgan fingerprint density at radius 1 is 1.11 bits per heavy atom. The Hall–Kier alpha value is -1.15. The number of rotatable bonds is 1. The van der Waals surface area contributed by atoms with Crippen LogP contribution < -0.4 is 0 Å². The molecule has 0 radical (unpaired) electrons. The molecule has 0 saturated heterocycles. The Morgan fingerprint density at radius 3 is 2.44 bits per heavy atom. The topological polar surface area (TPSA) is 34.1 Å². The Kier molecular flexibility index (Phi) is 2.78. The van der Waals surface area contributed by atoms with Crippen LogP contribution in [0.2, 0.25) is 5.02 Å². The van der Waals surface area contributed by atoms with Crippen molar-refractivity contribution in [3.05, 3.63) is 34.9 Å².